The topological polar surface area (TPSA) is 9.23 Å². The summed E-state index contributed by atoms with van der Waals surface area (Å²) < 4.78 is 5.16. The molecule has 0 aromatic rings. The molecule has 0 spiro atoms. The standard InChI is InChI=1S/C12H21BrO/c1-14-6-2-5-12(9-13)8-10-3-4-11(12)7-10/h10-11H,2-9H2,1H3. The van der Waals surface area contributed by atoms with Crippen molar-refractivity contribution in [3.05, 3.63) is 0 Å². The van der Waals surface area contributed by atoms with Gasteiger partial charge in [0.25, 0.3) is 0 Å². The number of methoxy groups -OCH3 is 1. The zero-order valence-corrected chi connectivity index (χ0v) is 10.7. The van der Waals surface area contributed by atoms with Gasteiger partial charge in [-0.1, -0.05) is 22.4 Å². The SMILES string of the molecule is COCCCC1(CBr)CC2CCC1C2. The van der Waals surface area contributed by atoms with E-state index in [-0.39, 0.29) is 0 Å². The van der Waals surface area contributed by atoms with E-state index in [4.69, 9.17) is 4.74 Å². The largest absolute Gasteiger partial charge is 0.385 e. The molecular weight excluding hydrogens is 240 g/mol. The van der Waals surface area contributed by atoms with Crippen molar-refractivity contribution in [3.8, 4) is 0 Å². The Morgan fingerprint density at radius 2 is 2.29 bits per heavy atom. The zero-order valence-electron chi connectivity index (χ0n) is 9.10. The Bertz CT molecular complexity index is 195. The first kappa shape index (κ1) is 10.9. The van der Waals surface area contributed by atoms with Gasteiger partial charge in [0.05, 0.1) is 0 Å². The fraction of sp³-hybridized carbons (Fsp3) is 1.00. The molecule has 2 aliphatic rings. The van der Waals surface area contributed by atoms with Crippen molar-refractivity contribution < 1.29 is 4.74 Å². The summed E-state index contributed by atoms with van der Waals surface area (Å²) in [6.07, 6.45) is 8.59. The van der Waals surface area contributed by atoms with Gasteiger partial charge in [-0.2, -0.15) is 0 Å². The van der Waals surface area contributed by atoms with E-state index in [2.05, 4.69) is 15.9 Å². The van der Waals surface area contributed by atoms with Crippen LogP contribution in [-0.4, -0.2) is 19.0 Å². The molecule has 3 unspecified atom stereocenters. The molecule has 14 heavy (non-hydrogen) atoms. The fourth-order valence-corrected chi connectivity index (χ4v) is 4.63. The summed E-state index contributed by atoms with van der Waals surface area (Å²) in [6.45, 7) is 0.937. The second kappa shape index (κ2) is 4.52. The number of hydrogen-bond donors (Lipinski definition) is 0. The molecule has 0 heterocycles. The van der Waals surface area contributed by atoms with Gasteiger partial charge >= 0.3 is 0 Å². The number of halogens is 1. The van der Waals surface area contributed by atoms with E-state index in [0.717, 1.165) is 18.4 Å². The summed E-state index contributed by atoms with van der Waals surface area (Å²) >= 11 is 3.75. The van der Waals surface area contributed by atoms with Crippen LogP contribution >= 0.6 is 15.9 Å². The molecule has 82 valence electrons. The van der Waals surface area contributed by atoms with Crippen molar-refractivity contribution in [2.75, 3.05) is 19.0 Å². The van der Waals surface area contributed by atoms with Crippen LogP contribution in [-0.2, 0) is 4.74 Å². The van der Waals surface area contributed by atoms with E-state index in [1.54, 1.807) is 0 Å². The van der Waals surface area contributed by atoms with Crippen LogP contribution in [0, 0.1) is 17.3 Å². The first-order valence-corrected chi connectivity index (χ1v) is 6.98. The number of rotatable bonds is 5. The van der Waals surface area contributed by atoms with Gasteiger partial charge in [-0.05, 0) is 49.4 Å². The van der Waals surface area contributed by atoms with Crippen molar-refractivity contribution in [2.45, 2.75) is 38.5 Å². The lowest BCUT2D eigenvalue weighted by molar-refractivity contribution is 0.138. The van der Waals surface area contributed by atoms with Crippen molar-refractivity contribution in [1.29, 1.82) is 0 Å². The fourth-order valence-electron chi connectivity index (χ4n) is 3.66. The Morgan fingerprint density at radius 1 is 1.43 bits per heavy atom. The molecule has 0 aromatic carbocycles. The average molecular weight is 261 g/mol. The van der Waals surface area contributed by atoms with E-state index in [1.807, 2.05) is 7.11 Å². The van der Waals surface area contributed by atoms with Crippen LogP contribution in [0.15, 0.2) is 0 Å². The quantitative estimate of drug-likeness (QED) is 0.542. The minimum atomic E-state index is 0.640. The Balaban J connectivity index is 1.90. The molecule has 2 fully saturated rings. The predicted molar refractivity (Wildman–Crippen MR) is 62.8 cm³/mol. The third-order valence-corrected chi connectivity index (χ3v) is 5.51. The van der Waals surface area contributed by atoms with Gasteiger partial charge < -0.3 is 4.74 Å². The zero-order chi connectivity index (χ0) is 10.0. The van der Waals surface area contributed by atoms with Gasteiger partial charge in [0.15, 0.2) is 0 Å². The lowest BCUT2D eigenvalue weighted by Crippen LogP contribution is -2.29. The van der Waals surface area contributed by atoms with Crippen LogP contribution in [0.2, 0.25) is 0 Å². The highest BCUT2D eigenvalue weighted by Crippen LogP contribution is 2.58. The van der Waals surface area contributed by atoms with Crippen LogP contribution < -0.4 is 0 Å². The number of fused-ring (bicyclic) bond motifs is 2. The first-order valence-electron chi connectivity index (χ1n) is 5.85. The molecular formula is C12H21BrO. The highest BCUT2D eigenvalue weighted by Gasteiger charge is 2.49. The van der Waals surface area contributed by atoms with Gasteiger partial charge in [0.1, 0.15) is 0 Å². The van der Waals surface area contributed by atoms with Crippen molar-refractivity contribution in [3.63, 3.8) is 0 Å². The molecule has 0 aliphatic heterocycles. The van der Waals surface area contributed by atoms with Gasteiger partial charge in [-0.15, -0.1) is 0 Å². The second-order valence-corrected chi connectivity index (χ2v) is 5.73. The van der Waals surface area contributed by atoms with E-state index >= 15 is 0 Å². The summed E-state index contributed by atoms with van der Waals surface area (Å²) in [5, 5.41) is 1.21. The lowest BCUT2D eigenvalue weighted by Gasteiger charge is -2.36. The minimum Gasteiger partial charge on any atom is -0.385 e. The summed E-state index contributed by atoms with van der Waals surface area (Å²) in [5.41, 5.74) is 0.640. The molecule has 2 saturated carbocycles. The average Bonchev–Trinajstić information content (AvgIpc) is 2.78. The van der Waals surface area contributed by atoms with Gasteiger partial charge in [-0.25, -0.2) is 0 Å². The summed E-state index contributed by atoms with van der Waals surface area (Å²) in [6, 6.07) is 0. The molecule has 0 N–H and O–H groups in total. The first-order chi connectivity index (χ1) is 6.80. The Morgan fingerprint density at radius 3 is 2.79 bits per heavy atom. The van der Waals surface area contributed by atoms with E-state index in [0.29, 0.717) is 5.41 Å². The van der Waals surface area contributed by atoms with E-state index in [1.165, 1.54) is 43.9 Å². The molecule has 1 nitrogen and oxygen atoms in total. The molecule has 2 rings (SSSR count). The monoisotopic (exact) mass is 260 g/mol. The van der Waals surface area contributed by atoms with Crippen LogP contribution in [0.25, 0.3) is 0 Å². The third kappa shape index (κ3) is 1.88. The molecule has 3 atom stereocenters. The minimum absolute atomic E-state index is 0.640. The van der Waals surface area contributed by atoms with Gasteiger partial charge in [-0.3, -0.25) is 0 Å². The molecule has 0 saturated heterocycles. The number of alkyl halides is 1. The molecule has 2 heteroatoms. The van der Waals surface area contributed by atoms with Crippen molar-refractivity contribution in [1.82, 2.24) is 0 Å². The van der Waals surface area contributed by atoms with E-state index < -0.39 is 0 Å². The normalized spacial score (nSPS) is 40.7. The van der Waals surface area contributed by atoms with Crippen molar-refractivity contribution >= 4 is 15.9 Å². The maximum atomic E-state index is 5.16. The summed E-state index contributed by atoms with van der Waals surface area (Å²) in [4.78, 5) is 0. The van der Waals surface area contributed by atoms with Gasteiger partial charge in [0.2, 0.25) is 0 Å². The highest BCUT2D eigenvalue weighted by atomic mass is 79.9. The second-order valence-electron chi connectivity index (χ2n) is 5.17. The third-order valence-electron chi connectivity index (χ3n) is 4.39. The van der Waals surface area contributed by atoms with Crippen LogP contribution in [0.3, 0.4) is 0 Å². The molecule has 0 radical (unpaired) electrons. The molecule has 2 bridgehead atoms. The molecule has 0 amide bonds. The Labute approximate surface area is 95.7 Å². The van der Waals surface area contributed by atoms with E-state index in [9.17, 15) is 0 Å². The predicted octanol–water partition coefficient (Wildman–Crippen LogP) is 3.61. The number of hydrogen-bond acceptors (Lipinski definition) is 1. The number of ether oxygens (including phenoxy) is 1. The Kier molecular flexibility index (Phi) is 3.54. The lowest BCUT2D eigenvalue weighted by atomic mass is 9.72. The summed E-state index contributed by atoms with van der Waals surface area (Å²) in [5.74, 6) is 2.07. The summed E-state index contributed by atoms with van der Waals surface area (Å²) in [7, 11) is 1.81. The van der Waals surface area contributed by atoms with Crippen LogP contribution in [0.5, 0.6) is 0 Å². The maximum absolute atomic E-state index is 5.16. The van der Waals surface area contributed by atoms with Crippen LogP contribution in [0.4, 0.5) is 0 Å². The van der Waals surface area contributed by atoms with Crippen molar-refractivity contribution in [2.24, 2.45) is 17.3 Å². The molecule has 2 aliphatic carbocycles. The molecule has 0 aromatic heterocycles. The van der Waals surface area contributed by atoms with Gasteiger partial charge in [0, 0.05) is 19.0 Å². The smallest absolute Gasteiger partial charge is 0.0462 e. The maximum Gasteiger partial charge on any atom is 0.0462 e. The Hall–Kier alpha value is 0.440. The van der Waals surface area contributed by atoms with Crippen LogP contribution in [0.1, 0.15) is 38.5 Å². The highest BCUT2D eigenvalue weighted by molar-refractivity contribution is 9.09.